The molecule has 0 amide bonds. The van der Waals surface area contributed by atoms with E-state index in [0.717, 1.165) is 38.6 Å². The summed E-state index contributed by atoms with van der Waals surface area (Å²) in [5.41, 5.74) is 0. The fraction of sp³-hybridized carbons (Fsp3) is 1.00. The molecule has 0 aromatic carbocycles. The van der Waals surface area contributed by atoms with Crippen LogP contribution in [0.4, 0.5) is 8.78 Å². The molecule has 136 valence electrons. The molecule has 0 spiro atoms. The lowest BCUT2D eigenvalue weighted by atomic mass is 10.1. The van der Waals surface area contributed by atoms with Crippen LogP contribution < -0.4 is 0 Å². The Bertz CT molecular complexity index is 347. The van der Waals surface area contributed by atoms with Crippen LogP contribution in [0.2, 0.25) is 0 Å². The van der Waals surface area contributed by atoms with E-state index in [1.807, 2.05) is 0 Å². The number of piperazine rings is 1. The van der Waals surface area contributed by atoms with Crippen molar-refractivity contribution in [3.63, 3.8) is 0 Å². The normalized spacial score (nSPS) is 25.3. The molecule has 1 unspecified atom stereocenters. The maximum atomic E-state index is 13.1. The van der Waals surface area contributed by atoms with E-state index in [2.05, 4.69) is 23.6 Å². The van der Waals surface area contributed by atoms with Crippen molar-refractivity contribution < 1.29 is 13.9 Å². The third kappa shape index (κ3) is 6.99. The number of hydrogen-bond acceptors (Lipinski definition) is 4. The highest BCUT2D eigenvalue weighted by Crippen LogP contribution is 2.26. The first-order valence-electron chi connectivity index (χ1n) is 9.07. The summed E-state index contributed by atoms with van der Waals surface area (Å²) in [6.45, 7) is 11.4. The molecule has 23 heavy (non-hydrogen) atoms. The van der Waals surface area contributed by atoms with E-state index in [1.165, 1.54) is 13.0 Å². The van der Waals surface area contributed by atoms with Crippen molar-refractivity contribution in [2.45, 2.75) is 45.1 Å². The second-order valence-corrected chi connectivity index (χ2v) is 7.65. The van der Waals surface area contributed by atoms with Crippen molar-refractivity contribution in [1.82, 2.24) is 14.7 Å². The second-order valence-electron chi connectivity index (χ2n) is 7.65. The van der Waals surface area contributed by atoms with Crippen LogP contribution in [0.5, 0.6) is 0 Å². The van der Waals surface area contributed by atoms with E-state index in [9.17, 15) is 13.9 Å². The van der Waals surface area contributed by atoms with E-state index in [1.54, 1.807) is 4.90 Å². The first kappa shape index (κ1) is 19.0. The van der Waals surface area contributed by atoms with Gasteiger partial charge in [-0.1, -0.05) is 13.8 Å². The van der Waals surface area contributed by atoms with Gasteiger partial charge in [0.15, 0.2) is 0 Å². The van der Waals surface area contributed by atoms with Crippen molar-refractivity contribution >= 4 is 0 Å². The zero-order chi connectivity index (χ0) is 16.9. The zero-order valence-corrected chi connectivity index (χ0v) is 14.7. The number of hydrogen-bond donors (Lipinski definition) is 1. The number of halogens is 2. The Kier molecular flexibility index (Phi) is 7.19. The van der Waals surface area contributed by atoms with E-state index in [0.29, 0.717) is 19.5 Å². The molecule has 0 saturated carbocycles. The molecular formula is C17H33F2N3O. The lowest BCUT2D eigenvalue weighted by Gasteiger charge is -2.35. The van der Waals surface area contributed by atoms with Gasteiger partial charge in [0.25, 0.3) is 5.92 Å². The molecule has 1 N–H and O–H groups in total. The maximum absolute atomic E-state index is 13.1. The average Bonchev–Trinajstić information content (AvgIpc) is 2.83. The lowest BCUT2D eigenvalue weighted by Crippen LogP contribution is -2.47. The molecule has 0 aromatic rings. The van der Waals surface area contributed by atoms with Crippen molar-refractivity contribution in [2.75, 3.05) is 58.9 Å². The predicted octanol–water partition coefficient (Wildman–Crippen LogP) is 1.74. The molecule has 6 heteroatoms. The molecule has 0 aromatic heterocycles. The zero-order valence-electron chi connectivity index (χ0n) is 14.7. The number of likely N-dealkylation sites (tertiary alicyclic amines) is 1. The van der Waals surface area contributed by atoms with E-state index < -0.39 is 12.0 Å². The minimum absolute atomic E-state index is 0.0714. The van der Waals surface area contributed by atoms with Crippen LogP contribution in [0.15, 0.2) is 0 Å². The highest BCUT2D eigenvalue weighted by molar-refractivity contribution is 4.83. The quantitative estimate of drug-likeness (QED) is 0.733. The van der Waals surface area contributed by atoms with Crippen molar-refractivity contribution in [2.24, 2.45) is 5.92 Å². The molecule has 2 aliphatic rings. The molecule has 0 radical (unpaired) electrons. The molecule has 2 saturated heterocycles. The molecule has 2 rings (SSSR count). The van der Waals surface area contributed by atoms with Gasteiger partial charge < -0.3 is 14.9 Å². The van der Waals surface area contributed by atoms with E-state index in [4.69, 9.17) is 0 Å². The van der Waals surface area contributed by atoms with Crippen LogP contribution in [-0.2, 0) is 0 Å². The Labute approximate surface area is 139 Å². The molecular weight excluding hydrogens is 300 g/mol. The van der Waals surface area contributed by atoms with Gasteiger partial charge in [0.1, 0.15) is 0 Å². The van der Waals surface area contributed by atoms with Gasteiger partial charge in [-0.2, -0.15) is 0 Å². The number of aliphatic hydroxyl groups excluding tert-OH is 1. The molecule has 2 aliphatic heterocycles. The fourth-order valence-electron chi connectivity index (χ4n) is 3.36. The van der Waals surface area contributed by atoms with Crippen molar-refractivity contribution in [3.05, 3.63) is 0 Å². The largest absolute Gasteiger partial charge is 0.392 e. The number of nitrogens with zero attached hydrogens (tertiary/aromatic N) is 3. The molecule has 0 bridgehead atoms. The van der Waals surface area contributed by atoms with E-state index in [-0.39, 0.29) is 13.0 Å². The van der Waals surface area contributed by atoms with Gasteiger partial charge >= 0.3 is 0 Å². The molecule has 4 nitrogen and oxygen atoms in total. The van der Waals surface area contributed by atoms with Crippen LogP contribution >= 0.6 is 0 Å². The molecule has 2 heterocycles. The highest BCUT2D eigenvalue weighted by atomic mass is 19.3. The molecule has 0 aliphatic carbocycles. The Hall–Kier alpha value is -0.300. The van der Waals surface area contributed by atoms with Gasteiger partial charge in [-0.05, 0) is 25.3 Å². The Morgan fingerprint density at radius 2 is 1.48 bits per heavy atom. The van der Waals surface area contributed by atoms with Gasteiger partial charge in [0, 0.05) is 52.2 Å². The number of alkyl halides is 2. The smallest absolute Gasteiger partial charge is 0.261 e. The van der Waals surface area contributed by atoms with Crippen LogP contribution in [-0.4, -0.2) is 90.7 Å². The summed E-state index contributed by atoms with van der Waals surface area (Å²) in [5.74, 6) is -1.81. The lowest BCUT2D eigenvalue weighted by molar-refractivity contribution is 0.00635. The van der Waals surface area contributed by atoms with Crippen LogP contribution in [0.3, 0.4) is 0 Å². The Morgan fingerprint density at radius 1 is 0.913 bits per heavy atom. The number of β-amino-alcohol motifs (C(OH)–C–C–N with tert-alkyl or cyclic N) is 1. The SMILES string of the molecule is CC(C)CCN1CCN(CCC(O)CN2CCC(F)(F)C2)CC1. The summed E-state index contributed by atoms with van der Waals surface area (Å²) in [5, 5.41) is 10.1. The third-order valence-electron chi connectivity index (χ3n) is 4.98. The van der Waals surface area contributed by atoms with Gasteiger partial charge in [0.2, 0.25) is 0 Å². The first-order chi connectivity index (χ1) is 10.8. The summed E-state index contributed by atoms with van der Waals surface area (Å²) in [4.78, 5) is 6.58. The van der Waals surface area contributed by atoms with Crippen molar-refractivity contribution in [1.29, 1.82) is 0 Å². The fourth-order valence-corrected chi connectivity index (χ4v) is 3.36. The number of rotatable bonds is 8. The molecule has 2 fully saturated rings. The van der Waals surface area contributed by atoms with E-state index >= 15 is 0 Å². The summed E-state index contributed by atoms with van der Waals surface area (Å²) in [7, 11) is 0. The standard InChI is InChI=1S/C17H33F2N3O/c1-15(2)3-6-20-9-11-21(12-10-20)7-4-16(23)13-22-8-5-17(18,19)14-22/h15-16,23H,3-14H2,1-2H3. The summed E-state index contributed by atoms with van der Waals surface area (Å²) in [6.07, 6.45) is 1.36. The average molecular weight is 333 g/mol. The minimum atomic E-state index is -2.56. The maximum Gasteiger partial charge on any atom is 0.261 e. The second kappa shape index (κ2) is 8.70. The van der Waals surface area contributed by atoms with Gasteiger partial charge in [0.05, 0.1) is 12.6 Å². The summed E-state index contributed by atoms with van der Waals surface area (Å²) in [6, 6.07) is 0. The number of aliphatic hydroxyl groups is 1. The van der Waals surface area contributed by atoms with Crippen LogP contribution in [0, 0.1) is 5.92 Å². The Morgan fingerprint density at radius 3 is 1.96 bits per heavy atom. The van der Waals surface area contributed by atoms with Gasteiger partial charge in [-0.15, -0.1) is 0 Å². The molecule has 1 atom stereocenters. The van der Waals surface area contributed by atoms with Crippen LogP contribution in [0.25, 0.3) is 0 Å². The van der Waals surface area contributed by atoms with Crippen LogP contribution in [0.1, 0.15) is 33.1 Å². The monoisotopic (exact) mass is 333 g/mol. The van der Waals surface area contributed by atoms with Gasteiger partial charge in [-0.3, -0.25) is 4.90 Å². The predicted molar refractivity (Wildman–Crippen MR) is 89.0 cm³/mol. The minimum Gasteiger partial charge on any atom is -0.392 e. The summed E-state index contributed by atoms with van der Waals surface area (Å²) < 4.78 is 26.3. The van der Waals surface area contributed by atoms with Crippen molar-refractivity contribution in [3.8, 4) is 0 Å². The Balaban J connectivity index is 1.56. The topological polar surface area (TPSA) is 30.0 Å². The first-order valence-corrected chi connectivity index (χ1v) is 9.07. The van der Waals surface area contributed by atoms with Gasteiger partial charge in [-0.25, -0.2) is 8.78 Å². The summed E-state index contributed by atoms with van der Waals surface area (Å²) >= 11 is 0. The third-order valence-corrected chi connectivity index (χ3v) is 4.98. The highest BCUT2D eigenvalue weighted by Gasteiger charge is 2.38.